The summed E-state index contributed by atoms with van der Waals surface area (Å²) in [5, 5.41) is 5.66. The van der Waals surface area contributed by atoms with Crippen molar-refractivity contribution < 1.29 is 14.3 Å². The van der Waals surface area contributed by atoms with Crippen molar-refractivity contribution in [3.63, 3.8) is 0 Å². The van der Waals surface area contributed by atoms with Gasteiger partial charge in [0.1, 0.15) is 11.4 Å². The van der Waals surface area contributed by atoms with Gasteiger partial charge in [0.25, 0.3) is 5.91 Å². The van der Waals surface area contributed by atoms with E-state index < -0.39 is 0 Å². The number of aromatic nitrogens is 1. The van der Waals surface area contributed by atoms with Crippen LogP contribution in [-0.4, -0.2) is 84.4 Å². The molecule has 0 radical (unpaired) electrons. The molecule has 2 fully saturated rings. The molecule has 0 spiro atoms. The Morgan fingerprint density at radius 1 is 1.19 bits per heavy atom. The van der Waals surface area contributed by atoms with Crippen LogP contribution < -0.4 is 10.1 Å². The van der Waals surface area contributed by atoms with E-state index in [9.17, 15) is 9.59 Å². The fraction of sp³-hybridized carbons (Fsp3) is 0.522. The van der Waals surface area contributed by atoms with Gasteiger partial charge in [-0.3, -0.25) is 9.59 Å². The lowest BCUT2D eigenvalue weighted by Gasteiger charge is -2.38. The number of nitrogens with one attached hydrogen (secondary N) is 1. The highest BCUT2D eigenvalue weighted by Crippen LogP contribution is 2.26. The summed E-state index contributed by atoms with van der Waals surface area (Å²) in [5.41, 5.74) is 1.27. The second-order valence-electron chi connectivity index (χ2n) is 8.24. The molecule has 8 nitrogen and oxygen atoms in total. The van der Waals surface area contributed by atoms with E-state index in [0.717, 1.165) is 57.0 Å². The van der Waals surface area contributed by atoms with Gasteiger partial charge in [0.2, 0.25) is 5.91 Å². The summed E-state index contributed by atoms with van der Waals surface area (Å²) in [6, 6.07) is 7.57. The first-order valence-electron chi connectivity index (χ1n) is 11.2. The first-order valence-corrected chi connectivity index (χ1v) is 12.1. The van der Waals surface area contributed by atoms with Gasteiger partial charge < -0.3 is 24.8 Å². The number of likely N-dealkylation sites (tertiary alicyclic amines) is 1. The number of thiazole rings is 1. The van der Waals surface area contributed by atoms with Crippen LogP contribution in [0.4, 0.5) is 10.8 Å². The zero-order chi connectivity index (χ0) is 22.5. The lowest BCUT2D eigenvalue weighted by atomic mass is 9.96. The third kappa shape index (κ3) is 5.21. The molecule has 2 aromatic rings. The monoisotopic (exact) mass is 457 g/mol. The summed E-state index contributed by atoms with van der Waals surface area (Å²) in [6.07, 6.45) is 1.69. The van der Waals surface area contributed by atoms with E-state index in [0.29, 0.717) is 23.9 Å². The maximum absolute atomic E-state index is 13.1. The Bertz CT molecular complexity index is 941. The van der Waals surface area contributed by atoms with Gasteiger partial charge in [-0.2, -0.15) is 0 Å². The number of carbonyl (C=O) groups is 2. The number of methoxy groups -OCH3 is 1. The second-order valence-corrected chi connectivity index (χ2v) is 9.10. The summed E-state index contributed by atoms with van der Waals surface area (Å²) in [7, 11) is 1.63. The SMILES string of the molecule is CCN1CCN(C(=O)C2CCCN(C(=O)c3csc(Nc4cccc(OC)c4)n3)C2)CC1. The van der Waals surface area contributed by atoms with Crippen molar-refractivity contribution in [1.29, 1.82) is 0 Å². The van der Waals surface area contributed by atoms with E-state index in [2.05, 4.69) is 22.1 Å². The molecule has 1 atom stereocenters. The van der Waals surface area contributed by atoms with Crippen LogP contribution in [0.15, 0.2) is 29.6 Å². The molecule has 172 valence electrons. The summed E-state index contributed by atoms with van der Waals surface area (Å²) in [4.78, 5) is 36.7. The van der Waals surface area contributed by atoms with Gasteiger partial charge >= 0.3 is 0 Å². The molecule has 32 heavy (non-hydrogen) atoms. The largest absolute Gasteiger partial charge is 0.497 e. The molecule has 3 heterocycles. The number of nitrogens with zero attached hydrogens (tertiary/aromatic N) is 4. The minimum absolute atomic E-state index is 0.103. The molecule has 2 aliphatic heterocycles. The third-order valence-corrected chi connectivity index (χ3v) is 6.99. The highest BCUT2D eigenvalue weighted by molar-refractivity contribution is 7.14. The zero-order valence-corrected chi connectivity index (χ0v) is 19.6. The quantitative estimate of drug-likeness (QED) is 0.719. The van der Waals surface area contributed by atoms with Gasteiger partial charge in [0.05, 0.1) is 13.0 Å². The molecule has 0 bridgehead atoms. The Hall–Kier alpha value is -2.65. The number of hydrogen-bond donors (Lipinski definition) is 1. The van der Waals surface area contributed by atoms with Crippen LogP contribution >= 0.6 is 11.3 Å². The van der Waals surface area contributed by atoms with E-state index in [-0.39, 0.29) is 17.7 Å². The van der Waals surface area contributed by atoms with Gasteiger partial charge in [-0.1, -0.05) is 13.0 Å². The fourth-order valence-corrected chi connectivity index (χ4v) is 5.03. The van der Waals surface area contributed by atoms with Gasteiger partial charge in [-0.05, 0) is 31.5 Å². The van der Waals surface area contributed by atoms with Crippen LogP contribution in [0, 0.1) is 5.92 Å². The van der Waals surface area contributed by atoms with E-state index in [1.165, 1.54) is 11.3 Å². The Balaban J connectivity index is 1.35. The number of anilines is 2. The zero-order valence-electron chi connectivity index (χ0n) is 18.7. The molecular formula is C23H31N5O3S. The maximum atomic E-state index is 13.1. The number of likely N-dealkylation sites (N-methyl/N-ethyl adjacent to an activating group) is 1. The number of piperazine rings is 1. The standard InChI is InChI=1S/C23H31N5O3S/c1-3-26-10-12-27(13-11-26)21(29)17-6-5-9-28(15-17)22(30)20-16-32-23(25-20)24-18-7-4-8-19(14-18)31-2/h4,7-8,14,16-17H,3,5-6,9-13,15H2,1-2H3,(H,24,25). The molecule has 9 heteroatoms. The minimum Gasteiger partial charge on any atom is -0.497 e. The number of ether oxygens (including phenoxy) is 1. The van der Waals surface area contributed by atoms with Crippen LogP contribution in [0.3, 0.4) is 0 Å². The van der Waals surface area contributed by atoms with Crippen LogP contribution in [-0.2, 0) is 4.79 Å². The third-order valence-electron chi connectivity index (χ3n) is 6.23. The first kappa shape index (κ1) is 22.5. The number of amides is 2. The lowest BCUT2D eigenvalue weighted by Crippen LogP contribution is -2.53. The smallest absolute Gasteiger partial charge is 0.273 e. The molecule has 2 aliphatic rings. The lowest BCUT2D eigenvalue weighted by molar-refractivity contribution is -0.138. The number of rotatable bonds is 6. The number of benzene rings is 1. The fourth-order valence-electron chi connectivity index (χ4n) is 4.32. The summed E-state index contributed by atoms with van der Waals surface area (Å²) in [6.45, 7) is 7.74. The Morgan fingerprint density at radius 3 is 2.75 bits per heavy atom. The van der Waals surface area contributed by atoms with E-state index in [1.54, 1.807) is 17.4 Å². The van der Waals surface area contributed by atoms with Crippen LogP contribution in [0.1, 0.15) is 30.3 Å². The molecule has 2 saturated heterocycles. The number of piperidine rings is 1. The van der Waals surface area contributed by atoms with Crippen molar-refractivity contribution in [2.24, 2.45) is 5.92 Å². The van der Waals surface area contributed by atoms with Crippen molar-refractivity contribution in [2.75, 3.05) is 58.2 Å². The van der Waals surface area contributed by atoms with Gasteiger partial charge in [-0.25, -0.2) is 4.98 Å². The molecule has 2 amide bonds. The summed E-state index contributed by atoms with van der Waals surface area (Å²) < 4.78 is 5.25. The average Bonchev–Trinajstić information content (AvgIpc) is 3.31. The molecule has 1 aromatic carbocycles. The molecule has 1 N–H and O–H groups in total. The van der Waals surface area contributed by atoms with E-state index in [1.807, 2.05) is 29.2 Å². The number of carbonyl (C=O) groups excluding carboxylic acids is 2. The van der Waals surface area contributed by atoms with Crippen LogP contribution in [0.5, 0.6) is 5.75 Å². The maximum Gasteiger partial charge on any atom is 0.273 e. The van der Waals surface area contributed by atoms with E-state index in [4.69, 9.17) is 4.74 Å². The van der Waals surface area contributed by atoms with Crippen LogP contribution in [0.25, 0.3) is 0 Å². The van der Waals surface area contributed by atoms with Crippen molar-refractivity contribution in [3.05, 3.63) is 35.3 Å². The molecule has 1 unspecified atom stereocenters. The van der Waals surface area contributed by atoms with E-state index >= 15 is 0 Å². The van der Waals surface area contributed by atoms with Gasteiger partial charge in [0, 0.05) is 56.4 Å². The normalized spacial score (nSPS) is 19.6. The predicted octanol–water partition coefficient (Wildman–Crippen LogP) is 2.91. The molecule has 1 aromatic heterocycles. The topological polar surface area (TPSA) is 78.0 Å². The molecular weight excluding hydrogens is 426 g/mol. The Morgan fingerprint density at radius 2 is 2.00 bits per heavy atom. The predicted molar refractivity (Wildman–Crippen MR) is 126 cm³/mol. The Kier molecular flexibility index (Phi) is 7.26. The molecule has 0 saturated carbocycles. The number of hydrogen-bond acceptors (Lipinski definition) is 7. The minimum atomic E-state index is -0.117. The molecule has 0 aliphatic carbocycles. The second kappa shape index (κ2) is 10.3. The van der Waals surface area contributed by atoms with Gasteiger partial charge in [-0.15, -0.1) is 11.3 Å². The summed E-state index contributed by atoms with van der Waals surface area (Å²) in [5.74, 6) is 0.724. The van der Waals surface area contributed by atoms with Crippen molar-refractivity contribution in [2.45, 2.75) is 19.8 Å². The van der Waals surface area contributed by atoms with Crippen LogP contribution in [0.2, 0.25) is 0 Å². The first-order chi connectivity index (χ1) is 15.6. The average molecular weight is 458 g/mol. The van der Waals surface area contributed by atoms with Crippen molar-refractivity contribution >= 4 is 34.0 Å². The van der Waals surface area contributed by atoms with Crippen molar-refractivity contribution in [1.82, 2.24) is 19.7 Å². The summed E-state index contributed by atoms with van der Waals surface area (Å²) >= 11 is 1.39. The Labute approximate surface area is 193 Å². The van der Waals surface area contributed by atoms with Gasteiger partial charge in [0.15, 0.2) is 5.13 Å². The highest BCUT2D eigenvalue weighted by Gasteiger charge is 2.33. The molecule has 4 rings (SSSR count). The highest BCUT2D eigenvalue weighted by atomic mass is 32.1. The van der Waals surface area contributed by atoms with Crippen molar-refractivity contribution in [3.8, 4) is 5.75 Å².